The second kappa shape index (κ2) is 4.97. The van der Waals surface area contributed by atoms with Gasteiger partial charge in [0.1, 0.15) is 10.8 Å². The molecule has 17 heavy (non-hydrogen) atoms. The van der Waals surface area contributed by atoms with Gasteiger partial charge >= 0.3 is 0 Å². The molecule has 0 radical (unpaired) electrons. The summed E-state index contributed by atoms with van der Waals surface area (Å²) >= 11 is 1.49. The first kappa shape index (κ1) is 11.6. The Hall–Kier alpha value is -1.88. The van der Waals surface area contributed by atoms with Crippen LogP contribution in [0.3, 0.4) is 0 Å². The topological polar surface area (TPSA) is 65.2 Å². The van der Waals surface area contributed by atoms with Gasteiger partial charge in [0.15, 0.2) is 0 Å². The summed E-state index contributed by atoms with van der Waals surface area (Å²) in [7, 11) is 0. The number of nitrogens with zero attached hydrogens (tertiary/aromatic N) is 1. The number of hydrogen-bond acceptors (Lipinski definition) is 4. The van der Waals surface area contributed by atoms with Crippen LogP contribution in [0.25, 0.3) is 10.6 Å². The van der Waals surface area contributed by atoms with Gasteiger partial charge in [-0.25, -0.2) is 4.98 Å². The third kappa shape index (κ3) is 2.29. The lowest BCUT2D eigenvalue weighted by molar-refractivity contribution is 0.0997. The molecule has 2 rings (SSSR count). The van der Waals surface area contributed by atoms with E-state index in [-0.39, 0.29) is 0 Å². The molecule has 0 saturated heterocycles. The van der Waals surface area contributed by atoms with Crippen LogP contribution in [0.1, 0.15) is 17.3 Å². The molecule has 0 unspecified atom stereocenters. The van der Waals surface area contributed by atoms with Crippen LogP contribution in [0.2, 0.25) is 0 Å². The SMILES string of the molecule is CCOc1c(C(N)=O)cccc1-c1nccs1. The van der Waals surface area contributed by atoms with Gasteiger partial charge in [-0.05, 0) is 19.1 Å². The number of aromatic nitrogens is 1. The number of carbonyl (C=O) groups excluding carboxylic acids is 1. The molecule has 0 spiro atoms. The molecule has 0 atom stereocenters. The largest absolute Gasteiger partial charge is 0.492 e. The Morgan fingerprint density at radius 1 is 1.53 bits per heavy atom. The van der Waals surface area contributed by atoms with E-state index in [1.165, 1.54) is 11.3 Å². The van der Waals surface area contributed by atoms with Crippen molar-refractivity contribution in [1.82, 2.24) is 4.98 Å². The van der Waals surface area contributed by atoms with E-state index in [1.54, 1.807) is 18.3 Å². The maximum Gasteiger partial charge on any atom is 0.252 e. The zero-order chi connectivity index (χ0) is 12.3. The molecule has 4 nitrogen and oxygen atoms in total. The molecule has 0 aliphatic rings. The number of benzene rings is 1. The molecule has 0 aliphatic carbocycles. The number of nitrogens with two attached hydrogens (primary N) is 1. The standard InChI is InChI=1S/C12H12N2O2S/c1-2-16-10-8(11(13)15)4-3-5-9(10)12-14-6-7-17-12/h3-7H,2H2,1H3,(H2,13,15). The van der Waals surface area contributed by atoms with Gasteiger partial charge in [0.05, 0.1) is 17.7 Å². The van der Waals surface area contributed by atoms with Crippen molar-refractivity contribution in [2.45, 2.75) is 6.92 Å². The predicted octanol–water partition coefficient (Wildman–Crippen LogP) is 2.31. The first-order valence-electron chi connectivity index (χ1n) is 5.19. The third-order valence-corrected chi connectivity index (χ3v) is 3.04. The number of ether oxygens (including phenoxy) is 1. The van der Waals surface area contributed by atoms with E-state index < -0.39 is 5.91 Å². The monoisotopic (exact) mass is 248 g/mol. The Morgan fingerprint density at radius 2 is 2.35 bits per heavy atom. The summed E-state index contributed by atoms with van der Waals surface area (Å²) in [5, 5.41) is 2.69. The lowest BCUT2D eigenvalue weighted by atomic mass is 10.1. The predicted molar refractivity (Wildman–Crippen MR) is 67.2 cm³/mol. The highest BCUT2D eigenvalue weighted by Crippen LogP contribution is 2.34. The highest BCUT2D eigenvalue weighted by atomic mass is 32.1. The number of hydrogen-bond donors (Lipinski definition) is 1. The highest BCUT2D eigenvalue weighted by molar-refractivity contribution is 7.13. The van der Waals surface area contributed by atoms with Crippen LogP contribution in [0.15, 0.2) is 29.8 Å². The minimum absolute atomic E-state index is 0.388. The molecule has 0 saturated carbocycles. The number of para-hydroxylation sites is 1. The van der Waals surface area contributed by atoms with Crippen LogP contribution in [0.5, 0.6) is 5.75 Å². The van der Waals surface area contributed by atoms with E-state index in [4.69, 9.17) is 10.5 Å². The van der Waals surface area contributed by atoms with Crippen molar-refractivity contribution in [3.05, 3.63) is 35.3 Å². The van der Waals surface area contributed by atoms with Crippen LogP contribution >= 0.6 is 11.3 Å². The van der Waals surface area contributed by atoms with E-state index in [0.717, 1.165) is 10.6 Å². The highest BCUT2D eigenvalue weighted by Gasteiger charge is 2.16. The smallest absolute Gasteiger partial charge is 0.252 e. The maximum absolute atomic E-state index is 11.3. The summed E-state index contributed by atoms with van der Waals surface area (Å²) in [5.74, 6) is 0.0179. The molecular formula is C12H12N2O2S. The Bertz CT molecular complexity index is 523. The van der Waals surface area contributed by atoms with Gasteiger partial charge in [0.2, 0.25) is 0 Å². The molecule has 0 fully saturated rings. The quantitative estimate of drug-likeness (QED) is 0.902. The number of amides is 1. The van der Waals surface area contributed by atoms with Crippen LogP contribution < -0.4 is 10.5 Å². The molecule has 1 aromatic heterocycles. The molecule has 0 aliphatic heterocycles. The average Bonchev–Trinajstić information content (AvgIpc) is 2.83. The van der Waals surface area contributed by atoms with Crippen molar-refractivity contribution in [1.29, 1.82) is 0 Å². The van der Waals surface area contributed by atoms with Gasteiger partial charge in [0.25, 0.3) is 5.91 Å². The Morgan fingerprint density at radius 3 is 2.94 bits per heavy atom. The van der Waals surface area contributed by atoms with Crippen molar-refractivity contribution in [3.63, 3.8) is 0 Å². The second-order valence-electron chi connectivity index (χ2n) is 3.32. The normalized spacial score (nSPS) is 10.2. The first-order valence-corrected chi connectivity index (χ1v) is 6.07. The van der Waals surface area contributed by atoms with Gasteiger partial charge in [-0.3, -0.25) is 4.79 Å². The number of primary amides is 1. The minimum atomic E-state index is -0.494. The molecule has 1 aromatic carbocycles. The molecule has 5 heteroatoms. The second-order valence-corrected chi connectivity index (χ2v) is 4.21. The zero-order valence-corrected chi connectivity index (χ0v) is 10.2. The molecule has 1 heterocycles. The maximum atomic E-state index is 11.3. The lowest BCUT2D eigenvalue weighted by Crippen LogP contribution is -2.13. The summed E-state index contributed by atoms with van der Waals surface area (Å²) in [6.07, 6.45) is 1.71. The van der Waals surface area contributed by atoms with Crippen LogP contribution in [-0.4, -0.2) is 17.5 Å². The number of carbonyl (C=O) groups is 1. The van der Waals surface area contributed by atoms with E-state index in [1.807, 2.05) is 18.4 Å². The molecular weight excluding hydrogens is 236 g/mol. The molecule has 88 valence electrons. The Kier molecular flexibility index (Phi) is 3.39. The number of rotatable bonds is 4. The van der Waals surface area contributed by atoms with Gasteiger partial charge in [-0.2, -0.15) is 0 Å². The van der Waals surface area contributed by atoms with Crippen molar-refractivity contribution in [2.24, 2.45) is 5.73 Å². The Balaban J connectivity index is 2.58. The van der Waals surface area contributed by atoms with E-state index in [9.17, 15) is 4.79 Å². The fraction of sp³-hybridized carbons (Fsp3) is 0.167. The van der Waals surface area contributed by atoms with Crippen LogP contribution in [0.4, 0.5) is 0 Å². The van der Waals surface area contributed by atoms with Crippen LogP contribution in [-0.2, 0) is 0 Å². The zero-order valence-electron chi connectivity index (χ0n) is 9.34. The van der Waals surface area contributed by atoms with Crippen LogP contribution in [0, 0.1) is 0 Å². The van der Waals surface area contributed by atoms with Crippen molar-refractivity contribution < 1.29 is 9.53 Å². The van der Waals surface area contributed by atoms with E-state index in [2.05, 4.69) is 4.98 Å². The fourth-order valence-electron chi connectivity index (χ4n) is 1.56. The summed E-state index contributed by atoms with van der Waals surface area (Å²) in [6.45, 7) is 2.34. The fourth-order valence-corrected chi connectivity index (χ4v) is 2.22. The van der Waals surface area contributed by atoms with Crippen molar-refractivity contribution in [3.8, 4) is 16.3 Å². The molecule has 2 aromatic rings. The minimum Gasteiger partial charge on any atom is -0.492 e. The van der Waals surface area contributed by atoms with Gasteiger partial charge < -0.3 is 10.5 Å². The first-order chi connectivity index (χ1) is 8.24. The summed E-state index contributed by atoms with van der Waals surface area (Å²) in [6, 6.07) is 5.31. The van der Waals surface area contributed by atoms with Crippen molar-refractivity contribution >= 4 is 17.2 Å². The lowest BCUT2D eigenvalue weighted by Gasteiger charge is -2.11. The van der Waals surface area contributed by atoms with E-state index in [0.29, 0.717) is 17.9 Å². The molecule has 1 amide bonds. The van der Waals surface area contributed by atoms with E-state index >= 15 is 0 Å². The Labute approximate surface area is 103 Å². The third-order valence-electron chi connectivity index (χ3n) is 2.23. The van der Waals surface area contributed by atoms with Gasteiger partial charge in [-0.1, -0.05) is 6.07 Å². The number of thiazole rings is 1. The summed E-state index contributed by atoms with van der Waals surface area (Å²) in [4.78, 5) is 15.6. The molecule has 2 N–H and O–H groups in total. The average molecular weight is 248 g/mol. The van der Waals surface area contributed by atoms with Gasteiger partial charge in [-0.15, -0.1) is 11.3 Å². The summed E-state index contributed by atoms with van der Waals surface area (Å²) in [5.41, 5.74) is 6.52. The van der Waals surface area contributed by atoms with Crippen molar-refractivity contribution in [2.75, 3.05) is 6.61 Å². The summed E-state index contributed by atoms with van der Waals surface area (Å²) < 4.78 is 5.52. The molecule has 0 bridgehead atoms. The van der Waals surface area contributed by atoms with Gasteiger partial charge in [0, 0.05) is 11.6 Å².